The lowest BCUT2D eigenvalue weighted by molar-refractivity contribution is 0.00132. The number of carbonyl (C=O) groups is 2. The van der Waals surface area contributed by atoms with Crippen molar-refractivity contribution in [3.8, 4) is 0 Å². The fourth-order valence-electron chi connectivity index (χ4n) is 2.91. The van der Waals surface area contributed by atoms with Crippen LogP contribution < -0.4 is 5.32 Å². The van der Waals surface area contributed by atoms with E-state index in [0.717, 1.165) is 31.4 Å². The molecule has 1 aromatic rings. The zero-order valence-electron chi connectivity index (χ0n) is 15.5. The van der Waals surface area contributed by atoms with E-state index in [0.29, 0.717) is 25.2 Å². The van der Waals surface area contributed by atoms with Crippen LogP contribution in [0.25, 0.3) is 0 Å². The summed E-state index contributed by atoms with van der Waals surface area (Å²) in [5.74, 6) is -0.0437. The third kappa shape index (κ3) is 5.74. The molecule has 6 heteroatoms. The van der Waals surface area contributed by atoms with Crippen LogP contribution in [-0.2, 0) is 11.3 Å². The lowest BCUT2D eigenvalue weighted by Crippen LogP contribution is -2.44. The molecule has 0 spiro atoms. The van der Waals surface area contributed by atoms with Crippen molar-refractivity contribution in [1.29, 1.82) is 0 Å². The van der Waals surface area contributed by atoms with E-state index in [1.165, 1.54) is 0 Å². The molecule has 2 rings (SSSR count). The van der Waals surface area contributed by atoms with E-state index in [9.17, 15) is 9.59 Å². The Hall–Kier alpha value is -2.08. The molecule has 1 aliphatic heterocycles. The van der Waals surface area contributed by atoms with Gasteiger partial charge in [-0.2, -0.15) is 0 Å². The van der Waals surface area contributed by atoms with Gasteiger partial charge >= 0.3 is 6.03 Å². The summed E-state index contributed by atoms with van der Waals surface area (Å²) >= 11 is 0. The van der Waals surface area contributed by atoms with Crippen LogP contribution >= 0.6 is 0 Å². The molecular weight excluding hydrogens is 318 g/mol. The maximum absolute atomic E-state index is 12.4. The van der Waals surface area contributed by atoms with Crippen molar-refractivity contribution in [2.45, 2.75) is 38.8 Å². The number of hydrogen-bond acceptors (Lipinski definition) is 3. The molecule has 1 saturated heterocycles. The monoisotopic (exact) mass is 347 g/mol. The van der Waals surface area contributed by atoms with Crippen molar-refractivity contribution in [3.05, 3.63) is 35.4 Å². The van der Waals surface area contributed by atoms with Gasteiger partial charge < -0.3 is 19.9 Å². The number of benzene rings is 1. The quantitative estimate of drug-likeness (QED) is 0.860. The highest BCUT2D eigenvalue weighted by atomic mass is 16.5. The van der Waals surface area contributed by atoms with Gasteiger partial charge in [-0.3, -0.25) is 4.79 Å². The van der Waals surface area contributed by atoms with Gasteiger partial charge in [0.1, 0.15) is 0 Å². The molecule has 0 bridgehead atoms. The van der Waals surface area contributed by atoms with Crippen LogP contribution in [-0.4, -0.2) is 61.6 Å². The predicted molar refractivity (Wildman–Crippen MR) is 97.5 cm³/mol. The summed E-state index contributed by atoms with van der Waals surface area (Å²) in [4.78, 5) is 27.8. The molecule has 1 aromatic carbocycles. The number of rotatable bonds is 6. The first-order chi connectivity index (χ1) is 12.0. The first kappa shape index (κ1) is 19.2. The summed E-state index contributed by atoms with van der Waals surface area (Å²) < 4.78 is 5.72. The minimum absolute atomic E-state index is 0.0437. The highest BCUT2D eigenvalue weighted by Gasteiger charge is 2.20. The van der Waals surface area contributed by atoms with Crippen LogP contribution in [0.15, 0.2) is 24.3 Å². The Balaban J connectivity index is 1.89. The molecule has 1 atom stereocenters. The van der Waals surface area contributed by atoms with Gasteiger partial charge in [0.2, 0.25) is 0 Å². The van der Waals surface area contributed by atoms with E-state index in [1.54, 1.807) is 30.0 Å². The number of carbonyl (C=O) groups excluding carboxylic acids is 2. The Morgan fingerprint density at radius 1 is 1.28 bits per heavy atom. The number of urea groups is 1. The average molecular weight is 347 g/mol. The molecule has 0 aromatic heterocycles. The van der Waals surface area contributed by atoms with E-state index >= 15 is 0 Å². The van der Waals surface area contributed by atoms with Gasteiger partial charge in [-0.05, 0) is 43.9 Å². The van der Waals surface area contributed by atoms with Crippen LogP contribution in [0.5, 0.6) is 0 Å². The zero-order valence-corrected chi connectivity index (χ0v) is 15.5. The molecule has 1 unspecified atom stereocenters. The van der Waals surface area contributed by atoms with Crippen molar-refractivity contribution in [3.63, 3.8) is 0 Å². The van der Waals surface area contributed by atoms with Gasteiger partial charge in [0, 0.05) is 45.9 Å². The van der Waals surface area contributed by atoms with Crippen molar-refractivity contribution in [2.24, 2.45) is 0 Å². The fraction of sp³-hybridized carbons (Fsp3) is 0.579. The lowest BCUT2D eigenvalue weighted by Gasteiger charge is -2.29. The first-order valence-corrected chi connectivity index (χ1v) is 8.96. The normalized spacial score (nSPS) is 17.0. The van der Waals surface area contributed by atoms with Crippen LogP contribution in [0.3, 0.4) is 0 Å². The third-order valence-corrected chi connectivity index (χ3v) is 4.39. The molecule has 0 aliphatic carbocycles. The van der Waals surface area contributed by atoms with Crippen molar-refractivity contribution in [2.75, 3.05) is 33.8 Å². The molecule has 0 saturated carbocycles. The maximum Gasteiger partial charge on any atom is 0.317 e. The molecule has 1 N–H and O–H groups in total. The van der Waals surface area contributed by atoms with Crippen LogP contribution in [0.2, 0.25) is 0 Å². The second kappa shape index (κ2) is 9.42. The number of ether oxygens (including phenoxy) is 1. The smallest absolute Gasteiger partial charge is 0.317 e. The Morgan fingerprint density at radius 2 is 2.08 bits per heavy atom. The molecule has 1 aliphatic rings. The Morgan fingerprint density at radius 3 is 2.72 bits per heavy atom. The van der Waals surface area contributed by atoms with Gasteiger partial charge in [0.25, 0.3) is 5.91 Å². The zero-order chi connectivity index (χ0) is 18.2. The van der Waals surface area contributed by atoms with Crippen molar-refractivity contribution in [1.82, 2.24) is 15.1 Å². The number of nitrogens with zero attached hydrogens (tertiary/aromatic N) is 2. The van der Waals surface area contributed by atoms with E-state index in [-0.39, 0.29) is 18.0 Å². The fourth-order valence-corrected chi connectivity index (χ4v) is 2.91. The Labute approximate surface area is 150 Å². The second-order valence-electron chi connectivity index (χ2n) is 6.59. The number of hydrogen-bond donors (Lipinski definition) is 1. The standard InChI is InChI=1S/C19H29N3O3/c1-4-22(14-17-10-5-6-11-25-17)19(24)20-13-15-8-7-9-16(12-15)18(23)21(2)3/h7-9,12,17H,4-6,10-11,13-14H2,1-3H3,(H,20,24). The van der Waals surface area contributed by atoms with E-state index in [2.05, 4.69) is 5.32 Å². The second-order valence-corrected chi connectivity index (χ2v) is 6.59. The lowest BCUT2D eigenvalue weighted by atomic mass is 10.1. The highest BCUT2D eigenvalue weighted by Crippen LogP contribution is 2.14. The van der Waals surface area contributed by atoms with Gasteiger partial charge in [-0.25, -0.2) is 4.79 Å². The molecule has 0 radical (unpaired) electrons. The summed E-state index contributed by atoms with van der Waals surface area (Å²) in [5, 5.41) is 2.94. The van der Waals surface area contributed by atoms with Crippen LogP contribution in [0, 0.1) is 0 Å². The summed E-state index contributed by atoms with van der Waals surface area (Å²) in [5.41, 5.74) is 1.53. The minimum Gasteiger partial charge on any atom is -0.376 e. The van der Waals surface area contributed by atoms with Crippen LogP contribution in [0.1, 0.15) is 42.1 Å². The summed E-state index contributed by atoms with van der Waals surface area (Å²) in [7, 11) is 3.45. The predicted octanol–water partition coefficient (Wildman–Crippen LogP) is 2.49. The molecular formula is C19H29N3O3. The largest absolute Gasteiger partial charge is 0.376 e. The number of nitrogens with one attached hydrogen (secondary N) is 1. The molecule has 25 heavy (non-hydrogen) atoms. The van der Waals surface area contributed by atoms with Gasteiger partial charge in [0.05, 0.1) is 6.10 Å². The molecule has 138 valence electrons. The SMILES string of the molecule is CCN(CC1CCCCO1)C(=O)NCc1cccc(C(=O)N(C)C)c1. The van der Waals surface area contributed by atoms with Crippen molar-refractivity contribution >= 4 is 11.9 Å². The summed E-state index contributed by atoms with van der Waals surface area (Å²) in [6, 6.07) is 7.26. The third-order valence-electron chi connectivity index (χ3n) is 4.39. The summed E-state index contributed by atoms with van der Waals surface area (Å²) in [6.45, 7) is 4.43. The minimum atomic E-state index is -0.0963. The average Bonchev–Trinajstić information content (AvgIpc) is 2.64. The Kier molecular flexibility index (Phi) is 7.25. The van der Waals surface area contributed by atoms with Gasteiger partial charge in [-0.1, -0.05) is 12.1 Å². The van der Waals surface area contributed by atoms with Gasteiger partial charge in [0.15, 0.2) is 0 Å². The van der Waals surface area contributed by atoms with Crippen LogP contribution in [0.4, 0.5) is 4.79 Å². The number of likely N-dealkylation sites (N-methyl/N-ethyl adjacent to an activating group) is 1. The maximum atomic E-state index is 12.4. The van der Waals surface area contributed by atoms with E-state index < -0.39 is 0 Å². The molecule has 3 amide bonds. The Bertz CT molecular complexity index is 583. The van der Waals surface area contributed by atoms with Crippen molar-refractivity contribution < 1.29 is 14.3 Å². The summed E-state index contributed by atoms with van der Waals surface area (Å²) in [6.07, 6.45) is 3.42. The number of amides is 3. The first-order valence-electron chi connectivity index (χ1n) is 8.96. The highest BCUT2D eigenvalue weighted by molar-refractivity contribution is 5.94. The molecule has 6 nitrogen and oxygen atoms in total. The van der Waals surface area contributed by atoms with E-state index in [1.807, 2.05) is 25.1 Å². The topological polar surface area (TPSA) is 61.9 Å². The van der Waals surface area contributed by atoms with E-state index in [4.69, 9.17) is 4.74 Å². The molecule has 1 fully saturated rings. The van der Waals surface area contributed by atoms with Gasteiger partial charge in [-0.15, -0.1) is 0 Å². The molecule has 1 heterocycles.